The lowest BCUT2D eigenvalue weighted by Crippen LogP contribution is -2.42. The third-order valence-electron chi connectivity index (χ3n) is 3.36. The summed E-state index contributed by atoms with van der Waals surface area (Å²) < 4.78 is 8.12. The minimum atomic E-state index is 0.301. The van der Waals surface area contributed by atoms with Gasteiger partial charge in [0.25, 0.3) is 0 Å². The maximum Gasteiger partial charge on any atom is 0.180 e. The molecule has 7 heteroatoms. The molecule has 1 fully saturated rings. The lowest BCUT2D eigenvalue weighted by Gasteiger charge is -2.29. The van der Waals surface area contributed by atoms with Crippen LogP contribution < -0.4 is 5.32 Å². The molecule has 6 nitrogen and oxygen atoms in total. The van der Waals surface area contributed by atoms with Crippen LogP contribution in [0.4, 0.5) is 5.82 Å². The summed E-state index contributed by atoms with van der Waals surface area (Å²) in [5, 5.41) is 3.45. The van der Waals surface area contributed by atoms with Gasteiger partial charge in [-0.1, -0.05) is 0 Å². The lowest BCUT2D eigenvalue weighted by atomic mass is 10.3. The molecule has 1 aliphatic heterocycles. The number of imidazole rings is 1. The highest BCUT2D eigenvalue weighted by Crippen LogP contribution is 2.17. The monoisotopic (exact) mass is 339 g/mol. The van der Waals surface area contributed by atoms with E-state index in [0.717, 1.165) is 48.9 Å². The van der Waals surface area contributed by atoms with Crippen LogP contribution in [0, 0.1) is 0 Å². The van der Waals surface area contributed by atoms with Crippen molar-refractivity contribution in [1.82, 2.24) is 19.3 Å². The van der Waals surface area contributed by atoms with E-state index in [1.54, 1.807) is 6.20 Å². The summed E-state index contributed by atoms with van der Waals surface area (Å²) in [6.07, 6.45) is 5.60. The Morgan fingerprint density at radius 3 is 3.05 bits per heavy atom. The Morgan fingerprint density at radius 2 is 2.25 bits per heavy atom. The highest BCUT2D eigenvalue weighted by molar-refractivity contribution is 9.10. The predicted octanol–water partition coefficient (Wildman–Crippen LogP) is 1.62. The summed E-state index contributed by atoms with van der Waals surface area (Å²) in [5.74, 6) is 0.810. The summed E-state index contributed by atoms with van der Waals surface area (Å²) in [6.45, 7) is 6.79. The number of fused-ring (bicyclic) bond motifs is 1. The molecule has 0 aliphatic carbocycles. The van der Waals surface area contributed by atoms with Gasteiger partial charge < -0.3 is 14.5 Å². The molecule has 0 radical (unpaired) electrons. The van der Waals surface area contributed by atoms with Crippen LogP contribution in [-0.4, -0.2) is 58.2 Å². The van der Waals surface area contributed by atoms with E-state index in [4.69, 9.17) is 4.74 Å². The molecule has 1 aliphatic rings. The van der Waals surface area contributed by atoms with Gasteiger partial charge in [-0.2, -0.15) is 0 Å². The minimum Gasteiger partial charge on any atom is -0.379 e. The van der Waals surface area contributed by atoms with Crippen LogP contribution in [0.2, 0.25) is 0 Å². The van der Waals surface area contributed by atoms with Crippen molar-refractivity contribution in [1.29, 1.82) is 0 Å². The second kappa shape index (κ2) is 6.07. The number of halogens is 1. The molecule has 20 heavy (non-hydrogen) atoms. The van der Waals surface area contributed by atoms with Crippen LogP contribution in [0.1, 0.15) is 6.92 Å². The van der Waals surface area contributed by atoms with Gasteiger partial charge in [-0.25, -0.2) is 9.97 Å². The van der Waals surface area contributed by atoms with E-state index >= 15 is 0 Å². The number of hydrogen-bond donors (Lipinski definition) is 1. The van der Waals surface area contributed by atoms with Gasteiger partial charge in [0.1, 0.15) is 4.60 Å². The summed E-state index contributed by atoms with van der Waals surface area (Å²) in [5.41, 5.74) is 0.849. The Bertz CT molecular complexity index is 581. The van der Waals surface area contributed by atoms with Crippen molar-refractivity contribution >= 4 is 27.4 Å². The van der Waals surface area contributed by atoms with Crippen LogP contribution >= 0.6 is 15.9 Å². The third kappa shape index (κ3) is 3.11. The topological polar surface area (TPSA) is 54.7 Å². The average molecular weight is 340 g/mol. The maximum atomic E-state index is 5.37. The molecule has 0 amide bonds. The first kappa shape index (κ1) is 13.8. The van der Waals surface area contributed by atoms with Crippen molar-refractivity contribution in [2.24, 2.45) is 0 Å². The van der Waals surface area contributed by atoms with E-state index in [1.807, 2.05) is 16.8 Å². The number of aromatic nitrogens is 3. The molecule has 3 rings (SSSR count). The number of ether oxygens (including phenoxy) is 1. The van der Waals surface area contributed by atoms with Crippen LogP contribution in [0.3, 0.4) is 0 Å². The van der Waals surface area contributed by atoms with Gasteiger partial charge in [-0.3, -0.25) is 4.90 Å². The molecule has 0 aromatic carbocycles. The maximum absolute atomic E-state index is 5.37. The SMILES string of the molecule is CC(CN1CCOCC1)Nc1nc(Br)cn2ccnc12. The molecule has 1 unspecified atom stereocenters. The van der Waals surface area contributed by atoms with Crippen LogP contribution in [0.15, 0.2) is 23.2 Å². The fourth-order valence-electron chi connectivity index (χ4n) is 2.45. The molecule has 2 aromatic heterocycles. The van der Waals surface area contributed by atoms with Crippen molar-refractivity contribution in [2.75, 3.05) is 38.2 Å². The quantitative estimate of drug-likeness (QED) is 0.917. The molecule has 2 aromatic rings. The number of nitrogens with one attached hydrogen (secondary N) is 1. The molecular formula is C13H18BrN5O. The van der Waals surface area contributed by atoms with Gasteiger partial charge in [0.2, 0.25) is 0 Å². The Balaban J connectivity index is 1.70. The van der Waals surface area contributed by atoms with E-state index < -0.39 is 0 Å². The number of morpholine rings is 1. The molecule has 1 N–H and O–H groups in total. The molecule has 1 saturated heterocycles. The molecule has 1 atom stereocenters. The smallest absolute Gasteiger partial charge is 0.180 e. The van der Waals surface area contributed by atoms with E-state index in [9.17, 15) is 0 Å². The van der Waals surface area contributed by atoms with E-state index in [2.05, 4.69) is 43.0 Å². The summed E-state index contributed by atoms with van der Waals surface area (Å²) >= 11 is 3.43. The fraction of sp³-hybridized carbons (Fsp3) is 0.538. The van der Waals surface area contributed by atoms with Crippen molar-refractivity contribution in [3.05, 3.63) is 23.2 Å². The zero-order valence-electron chi connectivity index (χ0n) is 11.4. The molecule has 3 heterocycles. The average Bonchev–Trinajstić information content (AvgIpc) is 2.88. The number of anilines is 1. The van der Waals surface area contributed by atoms with Crippen molar-refractivity contribution < 1.29 is 4.74 Å². The largest absolute Gasteiger partial charge is 0.379 e. The Morgan fingerprint density at radius 1 is 1.45 bits per heavy atom. The molecule has 108 valence electrons. The summed E-state index contributed by atoms with van der Waals surface area (Å²) in [7, 11) is 0. The first-order chi connectivity index (χ1) is 9.72. The van der Waals surface area contributed by atoms with Crippen molar-refractivity contribution in [3.8, 4) is 0 Å². The van der Waals surface area contributed by atoms with E-state index in [-0.39, 0.29) is 0 Å². The highest BCUT2D eigenvalue weighted by atomic mass is 79.9. The number of nitrogens with zero attached hydrogens (tertiary/aromatic N) is 4. The minimum absolute atomic E-state index is 0.301. The van der Waals surface area contributed by atoms with Gasteiger partial charge in [-0.15, -0.1) is 0 Å². The predicted molar refractivity (Wildman–Crippen MR) is 81.0 cm³/mol. The lowest BCUT2D eigenvalue weighted by molar-refractivity contribution is 0.0368. The van der Waals surface area contributed by atoms with Crippen molar-refractivity contribution in [2.45, 2.75) is 13.0 Å². The second-order valence-electron chi connectivity index (χ2n) is 5.03. The van der Waals surface area contributed by atoms with Crippen molar-refractivity contribution in [3.63, 3.8) is 0 Å². The van der Waals surface area contributed by atoms with Gasteiger partial charge in [0.05, 0.1) is 13.2 Å². The van der Waals surface area contributed by atoms with Gasteiger partial charge in [-0.05, 0) is 22.9 Å². The summed E-state index contributed by atoms with van der Waals surface area (Å²) in [4.78, 5) is 11.2. The zero-order chi connectivity index (χ0) is 13.9. The molecule has 0 saturated carbocycles. The van der Waals surface area contributed by atoms with Gasteiger partial charge >= 0.3 is 0 Å². The van der Waals surface area contributed by atoms with Crippen LogP contribution in [0.5, 0.6) is 0 Å². The Hall–Kier alpha value is -1.18. The van der Waals surface area contributed by atoms with E-state index in [0.29, 0.717) is 6.04 Å². The fourth-order valence-corrected chi connectivity index (χ4v) is 2.85. The Kier molecular flexibility index (Phi) is 4.18. The molecule has 0 spiro atoms. The molecular weight excluding hydrogens is 322 g/mol. The third-order valence-corrected chi connectivity index (χ3v) is 3.75. The summed E-state index contributed by atoms with van der Waals surface area (Å²) in [6, 6.07) is 0.301. The second-order valence-corrected chi connectivity index (χ2v) is 5.84. The number of rotatable bonds is 4. The van der Waals surface area contributed by atoms with Crippen LogP contribution in [0.25, 0.3) is 5.65 Å². The number of hydrogen-bond acceptors (Lipinski definition) is 5. The zero-order valence-corrected chi connectivity index (χ0v) is 13.0. The van der Waals surface area contributed by atoms with Crippen LogP contribution in [-0.2, 0) is 4.74 Å². The van der Waals surface area contributed by atoms with Gasteiger partial charge in [0, 0.05) is 44.3 Å². The standard InChI is InChI=1S/C13H18BrN5O/c1-10(8-18-4-6-20-7-5-18)16-12-13-15-2-3-19(13)9-11(14)17-12/h2-3,9-10H,4-8H2,1H3,(H,16,17). The first-order valence-electron chi connectivity index (χ1n) is 6.78. The van der Waals surface area contributed by atoms with Gasteiger partial charge in [0.15, 0.2) is 11.5 Å². The van der Waals surface area contributed by atoms with E-state index in [1.165, 1.54) is 0 Å². The normalized spacial score (nSPS) is 18.3. The Labute approximate surface area is 126 Å². The first-order valence-corrected chi connectivity index (χ1v) is 7.57. The highest BCUT2D eigenvalue weighted by Gasteiger charge is 2.15. The molecule has 0 bridgehead atoms.